The third-order valence-electron chi connectivity index (χ3n) is 5.03. The second-order valence-corrected chi connectivity index (χ2v) is 10.3. The Kier molecular flexibility index (Phi) is 9.72. The number of nitrogens with one attached hydrogen (secondary N) is 2. The molecular formula is C28H38N4O2. The Bertz CT molecular complexity index is 915. The van der Waals surface area contributed by atoms with Crippen LogP contribution in [0.4, 0.5) is 0 Å². The van der Waals surface area contributed by atoms with Crippen LogP contribution in [0.25, 0.3) is 0 Å². The van der Waals surface area contributed by atoms with Crippen LogP contribution in [-0.2, 0) is 9.59 Å². The Morgan fingerprint density at radius 2 is 0.941 bits per heavy atom. The summed E-state index contributed by atoms with van der Waals surface area (Å²) in [6, 6.07) is 19.4. The highest BCUT2D eigenvalue weighted by Gasteiger charge is 2.23. The van der Waals surface area contributed by atoms with Crippen LogP contribution in [0.2, 0.25) is 0 Å². The van der Waals surface area contributed by atoms with Crippen molar-refractivity contribution in [3.8, 4) is 0 Å². The molecule has 6 heteroatoms. The van der Waals surface area contributed by atoms with Crippen LogP contribution in [0.15, 0.2) is 70.6 Å². The summed E-state index contributed by atoms with van der Waals surface area (Å²) < 4.78 is 0. The number of hydrogen-bond acceptors (Lipinski definition) is 4. The molecule has 0 aliphatic heterocycles. The quantitative estimate of drug-likeness (QED) is 0.345. The van der Waals surface area contributed by atoms with E-state index in [2.05, 4.69) is 20.6 Å². The van der Waals surface area contributed by atoms with Crippen LogP contribution in [0.1, 0.15) is 65.5 Å². The van der Waals surface area contributed by atoms with Crippen molar-refractivity contribution in [3.63, 3.8) is 0 Å². The van der Waals surface area contributed by atoms with E-state index >= 15 is 0 Å². The van der Waals surface area contributed by atoms with Crippen molar-refractivity contribution in [2.24, 2.45) is 20.8 Å². The van der Waals surface area contributed by atoms with Gasteiger partial charge >= 0.3 is 0 Å². The highest BCUT2D eigenvalue weighted by Crippen LogP contribution is 2.14. The summed E-state index contributed by atoms with van der Waals surface area (Å²) in [6.45, 7) is 12.4. The van der Waals surface area contributed by atoms with Gasteiger partial charge in [0, 0.05) is 35.0 Å². The molecule has 0 atom stereocenters. The van der Waals surface area contributed by atoms with Crippen LogP contribution in [0.3, 0.4) is 0 Å². The SMILES string of the molecule is CC(C)(C)C(=O)NC(=NCCCCN=C(NC(=O)C(C)(C)C)c1ccccc1)c1ccccc1. The van der Waals surface area contributed by atoms with Crippen molar-refractivity contribution in [1.29, 1.82) is 0 Å². The monoisotopic (exact) mass is 462 g/mol. The Hall–Kier alpha value is -3.28. The minimum atomic E-state index is -0.504. The summed E-state index contributed by atoms with van der Waals surface area (Å²) in [5, 5.41) is 5.95. The zero-order chi connectivity index (χ0) is 25.2. The molecular weight excluding hydrogens is 424 g/mol. The minimum absolute atomic E-state index is 0.0678. The summed E-state index contributed by atoms with van der Waals surface area (Å²) in [4.78, 5) is 34.4. The minimum Gasteiger partial charge on any atom is -0.310 e. The second-order valence-electron chi connectivity index (χ2n) is 10.3. The predicted octanol–water partition coefficient (Wildman–Crippen LogP) is 4.98. The van der Waals surface area contributed by atoms with E-state index < -0.39 is 10.8 Å². The van der Waals surface area contributed by atoms with Crippen molar-refractivity contribution >= 4 is 23.5 Å². The van der Waals surface area contributed by atoms with E-state index in [-0.39, 0.29) is 11.8 Å². The van der Waals surface area contributed by atoms with Gasteiger partial charge in [0.15, 0.2) is 0 Å². The van der Waals surface area contributed by atoms with E-state index in [1.54, 1.807) is 0 Å². The Morgan fingerprint density at radius 1 is 0.618 bits per heavy atom. The van der Waals surface area contributed by atoms with E-state index in [9.17, 15) is 9.59 Å². The lowest BCUT2D eigenvalue weighted by atomic mass is 9.95. The lowest BCUT2D eigenvalue weighted by Gasteiger charge is -2.19. The molecule has 2 rings (SSSR count). The van der Waals surface area contributed by atoms with Gasteiger partial charge in [0.1, 0.15) is 11.7 Å². The number of benzene rings is 2. The zero-order valence-corrected chi connectivity index (χ0v) is 21.3. The van der Waals surface area contributed by atoms with Gasteiger partial charge in [-0.15, -0.1) is 0 Å². The van der Waals surface area contributed by atoms with Crippen molar-refractivity contribution in [1.82, 2.24) is 10.6 Å². The smallest absolute Gasteiger partial charge is 0.230 e. The molecule has 0 aromatic heterocycles. The molecule has 0 fully saturated rings. The second kappa shape index (κ2) is 12.3. The van der Waals surface area contributed by atoms with Crippen molar-refractivity contribution in [2.45, 2.75) is 54.4 Å². The fraction of sp³-hybridized carbons (Fsp3) is 0.429. The molecule has 2 amide bonds. The van der Waals surface area contributed by atoms with E-state index in [4.69, 9.17) is 0 Å². The fourth-order valence-corrected chi connectivity index (χ4v) is 2.79. The maximum absolute atomic E-state index is 12.5. The number of rotatable bonds is 7. The average Bonchev–Trinajstić information content (AvgIpc) is 2.79. The highest BCUT2D eigenvalue weighted by atomic mass is 16.2. The number of amidine groups is 2. The predicted molar refractivity (Wildman–Crippen MR) is 140 cm³/mol. The number of nitrogens with zero attached hydrogens (tertiary/aromatic N) is 2. The zero-order valence-electron chi connectivity index (χ0n) is 21.3. The Labute approximate surface area is 204 Å². The summed E-state index contributed by atoms with van der Waals surface area (Å²) >= 11 is 0. The summed E-state index contributed by atoms with van der Waals surface area (Å²) in [6.07, 6.45) is 1.61. The molecule has 0 saturated heterocycles. The molecule has 0 aliphatic carbocycles. The van der Waals surface area contributed by atoms with Crippen molar-refractivity contribution in [3.05, 3.63) is 71.8 Å². The van der Waals surface area contributed by atoms with Gasteiger partial charge in [-0.3, -0.25) is 19.6 Å². The molecule has 0 heterocycles. The third kappa shape index (κ3) is 8.93. The standard InChI is InChI=1S/C28H38N4O2/c1-27(2,3)25(33)31-23(21-15-9-7-10-16-21)29-19-13-14-20-30-24(22-17-11-8-12-18-22)32-26(34)28(4,5)6/h7-12,15-18H,13-14,19-20H2,1-6H3,(H,29,31,33)(H,30,32,34). The van der Waals surface area contributed by atoms with Crippen LogP contribution in [0, 0.1) is 10.8 Å². The fourth-order valence-electron chi connectivity index (χ4n) is 2.79. The number of hydrogen-bond donors (Lipinski definition) is 2. The Balaban J connectivity index is 2.03. The molecule has 182 valence electrons. The van der Waals surface area contributed by atoms with Crippen LogP contribution in [0.5, 0.6) is 0 Å². The van der Waals surface area contributed by atoms with Gasteiger partial charge in [-0.1, -0.05) is 102 Å². The van der Waals surface area contributed by atoms with E-state index in [0.717, 1.165) is 24.0 Å². The van der Waals surface area contributed by atoms with Gasteiger partial charge in [0.2, 0.25) is 11.8 Å². The molecule has 0 unspecified atom stereocenters. The number of amides is 2. The van der Waals surface area contributed by atoms with Crippen LogP contribution in [-0.4, -0.2) is 36.6 Å². The van der Waals surface area contributed by atoms with Gasteiger partial charge < -0.3 is 10.6 Å². The third-order valence-corrected chi connectivity index (χ3v) is 5.03. The maximum Gasteiger partial charge on any atom is 0.230 e. The van der Waals surface area contributed by atoms with E-state index in [0.29, 0.717) is 24.8 Å². The first-order chi connectivity index (χ1) is 16.0. The average molecular weight is 463 g/mol. The highest BCUT2D eigenvalue weighted by molar-refractivity contribution is 6.09. The number of aliphatic imine (C=N–C) groups is 2. The van der Waals surface area contributed by atoms with E-state index in [1.807, 2.05) is 102 Å². The van der Waals surface area contributed by atoms with Gasteiger partial charge in [-0.25, -0.2) is 0 Å². The summed E-state index contributed by atoms with van der Waals surface area (Å²) in [7, 11) is 0. The normalized spacial score (nSPS) is 12.9. The molecule has 0 bridgehead atoms. The summed E-state index contributed by atoms with van der Waals surface area (Å²) in [5.41, 5.74) is 0.759. The molecule has 0 aliphatic rings. The number of carbonyl (C=O) groups excluding carboxylic acids is 2. The van der Waals surface area contributed by atoms with Gasteiger partial charge in [-0.2, -0.15) is 0 Å². The molecule has 0 spiro atoms. The molecule has 6 nitrogen and oxygen atoms in total. The largest absolute Gasteiger partial charge is 0.310 e. The molecule has 2 aromatic carbocycles. The molecule has 0 radical (unpaired) electrons. The first-order valence-electron chi connectivity index (χ1n) is 11.8. The molecule has 2 N–H and O–H groups in total. The van der Waals surface area contributed by atoms with Gasteiger partial charge in [0.05, 0.1) is 0 Å². The van der Waals surface area contributed by atoms with Gasteiger partial charge in [0.25, 0.3) is 0 Å². The first-order valence-corrected chi connectivity index (χ1v) is 11.8. The van der Waals surface area contributed by atoms with Crippen LogP contribution < -0.4 is 10.6 Å². The number of unbranched alkanes of at least 4 members (excludes halogenated alkanes) is 1. The maximum atomic E-state index is 12.5. The molecule has 2 aromatic rings. The Morgan fingerprint density at radius 3 is 1.24 bits per heavy atom. The molecule has 34 heavy (non-hydrogen) atoms. The summed E-state index contributed by atoms with van der Waals surface area (Å²) in [5.74, 6) is 1.04. The van der Waals surface area contributed by atoms with Crippen molar-refractivity contribution in [2.75, 3.05) is 13.1 Å². The van der Waals surface area contributed by atoms with Gasteiger partial charge in [-0.05, 0) is 12.8 Å². The van der Waals surface area contributed by atoms with Crippen LogP contribution >= 0.6 is 0 Å². The topological polar surface area (TPSA) is 82.9 Å². The number of carbonyl (C=O) groups is 2. The first kappa shape index (κ1) is 27.0. The lowest BCUT2D eigenvalue weighted by molar-refractivity contribution is -0.127. The van der Waals surface area contributed by atoms with E-state index in [1.165, 1.54) is 0 Å². The molecule has 0 saturated carbocycles. The lowest BCUT2D eigenvalue weighted by Crippen LogP contribution is -2.39. The van der Waals surface area contributed by atoms with Crippen molar-refractivity contribution < 1.29 is 9.59 Å².